The molecule has 1 aromatic rings. The second kappa shape index (κ2) is 6.21. The molecule has 0 saturated carbocycles. The summed E-state index contributed by atoms with van der Waals surface area (Å²) in [6.45, 7) is 1.26. The zero-order chi connectivity index (χ0) is 13.9. The number of thioether (sulfide) groups is 2. The summed E-state index contributed by atoms with van der Waals surface area (Å²) >= 11 is 6.93. The summed E-state index contributed by atoms with van der Waals surface area (Å²) in [6, 6.07) is 4.50. The number of alkyl halides is 4. The van der Waals surface area contributed by atoms with E-state index in [1.807, 2.05) is 0 Å². The minimum Gasteiger partial charge on any atom is -0.298 e. The van der Waals surface area contributed by atoms with E-state index in [2.05, 4.69) is 0 Å². The van der Waals surface area contributed by atoms with Gasteiger partial charge in [0.2, 0.25) is 0 Å². The highest BCUT2D eigenvalue weighted by atomic mass is 35.5. The molecule has 1 aromatic carbocycles. The van der Waals surface area contributed by atoms with Gasteiger partial charge in [0.25, 0.3) is 0 Å². The van der Waals surface area contributed by atoms with Crippen LogP contribution in [-0.4, -0.2) is 17.5 Å². The summed E-state index contributed by atoms with van der Waals surface area (Å²) in [7, 11) is 0. The van der Waals surface area contributed by atoms with E-state index in [4.69, 9.17) is 11.6 Å². The van der Waals surface area contributed by atoms with Crippen LogP contribution >= 0.6 is 35.1 Å². The molecular weight excluding hydrogens is 305 g/mol. The van der Waals surface area contributed by atoms with E-state index in [0.29, 0.717) is 4.90 Å². The van der Waals surface area contributed by atoms with Crippen LogP contribution in [-0.2, 0) is 4.79 Å². The summed E-state index contributed by atoms with van der Waals surface area (Å²) in [5.74, 6) is -0.373. The van der Waals surface area contributed by atoms with Crippen LogP contribution in [0.3, 0.4) is 0 Å². The largest absolute Gasteiger partial charge is 0.446 e. The van der Waals surface area contributed by atoms with Crippen molar-refractivity contribution in [3.63, 3.8) is 0 Å². The van der Waals surface area contributed by atoms with E-state index in [1.54, 1.807) is 12.3 Å². The number of ketones is 1. The monoisotopic (exact) mass is 314 g/mol. The van der Waals surface area contributed by atoms with Crippen molar-refractivity contribution in [1.29, 1.82) is 0 Å². The lowest BCUT2D eigenvalue weighted by molar-refractivity contribution is -0.116. The Bertz CT molecular complexity index is 448. The van der Waals surface area contributed by atoms with Crippen molar-refractivity contribution in [2.24, 2.45) is 0 Å². The van der Waals surface area contributed by atoms with Crippen LogP contribution in [0.15, 0.2) is 28.0 Å². The highest BCUT2D eigenvalue weighted by Crippen LogP contribution is 2.44. The first kappa shape index (κ1) is 15.7. The molecule has 1 atom stereocenters. The van der Waals surface area contributed by atoms with Gasteiger partial charge < -0.3 is 0 Å². The molecule has 0 aliphatic heterocycles. The van der Waals surface area contributed by atoms with Crippen LogP contribution in [0.5, 0.6) is 0 Å². The standard InChI is InChI=1S/C11H10ClF3OS2/c1-6(16)10(12)9-7(17-2)4-3-5-8(9)18-11(13,14)15/h3-5,10H,1-2H3. The number of rotatable bonds is 4. The zero-order valence-corrected chi connectivity index (χ0v) is 11.9. The third kappa shape index (κ3) is 4.10. The maximum atomic E-state index is 12.4. The third-order valence-electron chi connectivity index (χ3n) is 2.08. The smallest absolute Gasteiger partial charge is 0.298 e. The van der Waals surface area contributed by atoms with Gasteiger partial charge in [-0.3, -0.25) is 4.79 Å². The van der Waals surface area contributed by atoms with Crippen molar-refractivity contribution in [1.82, 2.24) is 0 Å². The number of benzene rings is 1. The maximum Gasteiger partial charge on any atom is 0.446 e. The Morgan fingerprint density at radius 1 is 1.33 bits per heavy atom. The van der Waals surface area contributed by atoms with Gasteiger partial charge in [-0.15, -0.1) is 23.4 Å². The first-order valence-electron chi connectivity index (χ1n) is 4.83. The van der Waals surface area contributed by atoms with Crippen LogP contribution in [0.2, 0.25) is 0 Å². The molecule has 100 valence electrons. The van der Waals surface area contributed by atoms with Crippen LogP contribution in [0.4, 0.5) is 13.2 Å². The predicted molar refractivity (Wildman–Crippen MR) is 69.4 cm³/mol. The second-order valence-corrected chi connectivity index (χ2v) is 5.78. The Morgan fingerprint density at radius 3 is 2.33 bits per heavy atom. The summed E-state index contributed by atoms with van der Waals surface area (Å²) in [6.07, 6.45) is 1.73. The molecule has 0 aromatic heterocycles. The van der Waals surface area contributed by atoms with Crippen LogP contribution in [0.1, 0.15) is 17.9 Å². The molecule has 0 aliphatic rings. The van der Waals surface area contributed by atoms with Gasteiger partial charge in [0.15, 0.2) is 5.78 Å². The summed E-state index contributed by atoms with van der Waals surface area (Å²) in [5, 5.41) is -1.06. The highest BCUT2D eigenvalue weighted by molar-refractivity contribution is 8.00. The van der Waals surface area contributed by atoms with E-state index < -0.39 is 10.9 Å². The number of Topliss-reactive ketones (excluding diaryl/α,β-unsaturated/α-hetero) is 1. The van der Waals surface area contributed by atoms with Gasteiger partial charge in [-0.25, -0.2) is 0 Å². The lowest BCUT2D eigenvalue weighted by atomic mass is 10.1. The second-order valence-electron chi connectivity index (χ2n) is 3.39. The lowest BCUT2D eigenvalue weighted by Gasteiger charge is -2.16. The SMILES string of the molecule is CSc1cccc(SC(F)(F)F)c1C(Cl)C(C)=O. The Hall–Kier alpha value is -0.330. The minimum absolute atomic E-state index is 0.0236. The maximum absolute atomic E-state index is 12.4. The van der Waals surface area contributed by atoms with Gasteiger partial charge in [-0.1, -0.05) is 6.07 Å². The molecule has 0 fully saturated rings. The molecular formula is C11H10ClF3OS2. The first-order chi connectivity index (χ1) is 8.26. The molecule has 0 aliphatic carbocycles. The van der Waals surface area contributed by atoms with Crippen LogP contribution in [0.25, 0.3) is 0 Å². The van der Waals surface area contributed by atoms with Crippen molar-refractivity contribution in [2.45, 2.75) is 27.6 Å². The van der Waals surface area contributed by atoms with E-state index in [0.717, 1.165) is 0 Å². The Balaban J connectivity index is 3.29. The molecule has 0 spiro atoms. The van der Waals surface area contributed by atoms with Gasteiger partial charge >= 0.3 is 5.51 Å². The van der Waals surface area contributed by atoms with Gasteiger partial charge in [-0.05, 0) is 37.1 Å². The van der Waals surface area contributed by atoms with Crippen molar-refractivity contribution < 1.29 is 18.0 Å². The van der Waals surface area contributed by atoms with Gasteiger partial charge in [0.1, 0.15) is 5.38 Å². The Labute approximate surface area is 116 Å². The molecule has 1 unspecified atom stereocenters. The average molecular weight is 315 g/mol. The van der Waals surface area contributed by atoms with Crippen LogP contribution < -0.4 is 0 Å². The molecule has 0 bridgehead atoms. The Morgan fingerprint density at radius 2 is 1.89 bits per heavy atom. The number of halogens is 4. The molecule has 0 radical (unpaired) electrons. The molecule has 0 saturated heterocycles. The van der Waals surface area contributed by atoms with Crippen molar-refractivity contribution in [2.75, 3.05) is 6.26 Å². The number of hydrogen-bond donors (Lipinski definition) is 0. The Kier molecular flexibility index (Phi) is 5.43. The fourth-order valence-corrected chi connectivity index (χ4v) is 3.19. The molecule has 0 heterocycles. The van der Waals surface area contributed by atoms with Gasteiger partial charge in [0.05, 0.1) is 0 Å². The highest BCUT2D eigenvalue weighted by Gasteiger charge is 2.32. The van der Waals surface area contributed by atoms with Crippen LogP contribution in [0, 0.1) is 0 Å². The quantitative estimate of drug-likeness (QED) is 0.582. The van der Waals surface area contributed by atoms with E-state index in [-0.39, 0.29) is 28.0 Å². The molecule has 0 N–H and O–H groups in total. The van der Waals surface area contributed by atoms with E-state index in [1.165, 1.54) is 30.8 Å². The minimum atomic E-state index is -4.40. The number of carbonyl (C=O) groups excluding carboxylic acids is 1. The fraction of sp³-hybridized carbons (Fsp3) is 0.364. The van der Waals surface area contributed by atoms with Crippen molar-refractivity contribution in [3.05, 3.63) is 23.8 Å². The predicted octanol–water partition coefficient (Wildman–Crippen LogP) is 4.89. The molecule has 1 nitrogen and oxygen atoms in total. The molecule has 18 heavy (non-hydrogen) atoms. The third-order valence-corrected chi connectivity index (χ3v) is 4.21. The first-order valence-corrected chi connectivity index (χ1v) is 7.31. The molecule has 0 amide bonds. The number of hydrogen-bond acceptors (Lipinski definition) is 3. The van der Waals surface area contributed by atoms with Crippen molar-refractivity contribution in [3.8, 4) is 0 Å². The van der Waals surface area contributed by atoms with Gasteiger partial charge in [-0.2, -0.15) is 13.2 Å². The van der Waals surface area contributed by atoms with E-state index in [9.17, 15) is 18.0 Å². The average Bonchev–Trinajstić information content (AvgIpc) is 2.25. The lowest BCUT2D eigenvalue weighted by Crippen LogP contribution is -2.07. The van der Waals surface area contributed by atoms with E-state index >= 15 is 0 Å². The van der Waals surface area contributed by atoms with Crippen molar-refractivity contribution >= 4 is 40.9 Å². The topological polar surface area (TPSA) is 17.1 Å². The summed E-state index contributed by atoms with van der Waals surface area (Å²) in [4.78, 5) is 11.9. The zero-order valence-electron chi connectivity index (χ0n) is 9.55. The summed E-state index contributed by atoms with van der Waals surface area (Å²) in [5.41, 5.74) is -4.17. The molecule has 7 heteroatoms. The normalized spacial score (nSPS) is 13.4. The number of carbonyl (C=O) groups is 1. The van der Waals surface area contributed by atoms with Gasteiger partial charge in [0, 0.05) is 15.4 Å². The molecule has 1 rings (SSSR count). The summed E-state index contributed by atoms with van der Waals surface area (Å²) < 4.78 is 37.3. The fourth-order valence-electron chi connectivity index (χ4n) is 1.37.